The third kappa shape index (κ3) is 3.50. The standard InChI is InChI=1S/C10H19NO2S/c1-7-2-4-8(5-3-7)13-10(12)9(11)6-14/h7-9,14H,2-6,11H2,1H3/t7?,8?,9-/m1/s1. The smallest absolute Gasteiger partial charge is 0.324 e. The van der Waals surface area contributed by atoms with Crippen LogP contribution in [0.5, 0.6) is 0 Å². The second kappa shape index (κ2) is 5.61. The van der Waals surface area contributed by atoms with E-state index in [0.29, 0.717) is 5.75 Å². The van der Waals surface area contributed by atoms with E-state index in [1.54, 1.807) is 0 Å². The van der Waals surface area contributed by atoms with E-state index in [2.05, 4.69) is 19.6 Å². The van der Waals surface area contributed by atoms with E-state index in [9.17, 15) is 4.79 Å². The van der Waals surface area contributed by atoms with E-state index in [1.807, 2.05) is 0 Å². The Kier molecular flexibility index (Phi) is 4.75. The van der Waals surface area contributed by atoms with Gasteiger partial charge in [0.25, 0.3) is 0 Å². The van der Waals surface area contributed by atoms with Gasteiger partial charge in [-0.25, -0.2) is 0 Å². The van der Waals surface area contributed by atoms with E-state index < -0.39 is 6.04 Å². The molecule has 4 heteroatoms. The average Bonchev–Trinajstić information content (AvgIpc) is 2.20. The molecule has 1 atom stereocenters. The molecule has 0 aromatic carbocycles. The van der Waals surface area contributed by atoms with Gasteiger partial charge in [0.15, 0.2) is 0 Å². The van der Waals surface area contributed by atoms with Gasteiger partial charge in [-0.3, -0.25) is 4.79 Å². The minimum atomic E-state index is -0.572. The van der Waals surface area contributed by atoms with Crippen molar-refractivity contribution in [1.82, 2.24) is 0 Å². The fourth-order valence-electron chi connectivity index (χ4n) is 1.67. The van der Waals surface area contributed by atoms with Crippen LogP contribution in [0.2, 0.25) is 0 Å². The number of carbonyl (C=O) groups excluding carboxylic acids is 1. The van der Waals surface area contributed by atoms with E-state index in [1.165, 1.54) is 0 Å². The number of hydrogen-bond acceptors (Lipinski definition) is 4. The molecule has 1 aliphatic carbocycles. The predicted octanol–water partition coefficient (Wildman–Crippen LogP) is 1.37. The Bertz CT molecular complexity index is 191. The van der Waals surface area contributed by atoms with Crippen molar-refractivity contribution in [3.63, 3.8) is 0 Å². The summed E-state index contributed by atoms with van der Waals surface area (Å²) in [5.74, 6) is 0.810. The van der Waals surface area contributed by atoms with Crippen LogP contribution in [0.4, 0.5) is 0 Å². The van der Waals surface area contributed by atoms with Crippen molar-refractivity contribution in [3.8, 4) is 0 Å². The SMILES string of the molecule is CC1CCC(OC(=O)[C@H](N)CS)CC1. The average molecular weight is 217 g/mol. The summed E-state index contributed by atoms with van der Waals surface area (Å²) in [7, 11) is 0. The topological polar surface area (TPSA) is 52.3 Å². The normalized spacial score (nSPS) is 29.6. The van der Waals surface area contributed by atoms with Crippen LogP contribution in [0, 0.1) is 5.92 Å². The number of ether oxygens (including phenoxy) is 1. The summed E-state index contributed by atoms with van der Waals surface area (Å²) in [4.78, 5) is 11.3. The van der Waals surface area contributed by atoms with Gasteiger partial charge >= 0.3 is 5.97 Å². The van der Waals surface area contributed by atoms with E-state index in [-0.39, 0.29) is 12.1 Å². The third-order valence-corrected chi connectivity index (χ3v) is 3.14. The van der Waals surface area contributed by atoms with Gasteiger partial charge in [-0.1, -0.05) is 6.92 Å². The number of rotatable bonds is 3. The summed E-state index contributed by atoms with van der Waals surface area (Å²) < 4.78 is 5.28. The predicted molar refractivity (Wildman–Crippen MR) is 59.3 cm³/mol. The van der Waals surface area contributed by atoms with Crippen LogP contribution < -0.4 is 5.73 Å². The van der Waals surface area contributed by atoms with Gasteiger partial charge in [0.1, 0.15) is 12.1 Å². The first-order chi connectivity index (χ1) is 6.63. The highest BCUT2D eigenvalue weighted by atomic mass is 32.1. The molecule has 0 aromatic rings. The van der Waals surface area contributed by atoms with Crippen molar-refractivity contribution in [3.05, 3.63) is 0 Å². The molecule has 0 unspecified atom stereocenters. The summed E-state index contributed by atoms with van der Waals surface area (Å²) in [6.07, 6.45) is 4.34. The third-order valence-electron chi connectivity index (χ3n) is 2.75. The first-order valence-corrected chi connectivity index (χ1v) is 5.83. The lowest BCUT2D eigenvalue weighted by molar-refractivity contribution is -0.151. The second-order valence-electron chi connectivity index (χ2n) is 4.11. The maximum atomic E-state index is 11.3. The van der Waals surface area contributed by atoms with Crippen molar-refractivity contribution in [2.24, 2.45) is 11.7 Å². The van der Waals surface area contributed by atoms with E-state index >= 15 is 0 Å². The molecule has 1 fully saturated rings. The number of hydrogen-bond donors (Lipinski definition) is 2. The lowest BCUT2D eigenvalue weighted by atomic mass is 9.89. The van der Waals surface area contributed by atoms with Gasteiger partial charge in [0.2, 0.25) is 0 Å². The second-order valence-corrected chi connectivity index (χ2v) is 4.47. The molecule has 0 bridgehead atoms. The molecular formula is C10H19NO2S. The highest BCUT2D eigenvalue weighted by Crippen LogP contribution is 2.25. The number of thiol groups is 1. The molecule has 1 saturated carbocycles. The summed E-state index contributed by atoms with van der Waals surface area (Å²) in [6.45, 7) is 2.23. The van der Waals surface area contributed by atoms with Crippen molar-refractivity contribution in [2.75, 3.05) is 5.75 Å². The van der Waals surface area contributed by atoms with Crippen molar-refractivity contribution >= 4 is 18.6 Å². The molecular weight excluding hydrogens is 198 g/mol. The lowest BCUT2D eigenvalue weighted by Crippen LogP contribution is -2.37. The zero-order chi connectivity index (χ0) is 10.6. The summed E-state index contributed by atoms with van der Waals surface area (Å²) >= 11 is 3.96. The Hall–Kier alpha value is -0.220. The molecule has 0 saturated heterocycles. The Morgan fingerprint density at radius 3 is 2.57 bits per heavy atom. The molecule has 14 heavy (non-hydrogen) atoms. The highest BCUT2D eigenvalue weighted by molar-refractivity contribution is 7.80. The molecule has 2 N–H and O–H groups in total. The van der Waals surface area contributed by atoms with Crippen LogP contribution in [0.1, 0.15) is 32.6 Å². The summed E-state index contributed by atoms with van der Waals surface area (Å²) in [6, 6.07) is -0.572. The van der Waals surface area contributed by atoms with Gasteiger partial charge in [0.05, 0.1) is 0 Å². The van der Waals surface area contributed by atoms with Gasteiger partial charge in [-0.2, -0.15) is 12.6 Å². The fraction of sp³-hybridized carbons (Fsp3) is 0.900. The van der Waals surface area contributed by atoms with Crippen molar-refractivity contribution in [1.29, 1.82) is 0 Å². The van der Waals surface area contributed by atoms with Crippen LogP contribution >= 0.6 is 12.6 Å². The number of nitrogens with two attached hydrogens (primary N) is 1. The maximum Gasteiger partial charge on any atom is 0.324 e. The lowest BCUT2D eigenvalue weighted by Gasteiger charge is -2.26. The Labute approximate surface area is 90.8 Å². The Balaban J connectivity index is 2.27. The van der Waals surface area contributed by atoms with Crippen LogP contribution in [-0.4, -0.2) is 23.9 Å². The van der Waals surface area contributed by atoms with Crippen molar-refractivity contribution < 1.29 is 9.53 Å². The number of carbonyl (C=O) groups is 1. The molecule has 0 amide bonds. The Morgan fingerprint density at radius 2 is 2.07 bits per heavy atom. The fourth-order valence-corrected chi connectivity index (χ4v) is 1.82. The first kappa shape index (κ1) is 11.9. The molecule has 0 aliphatic heterocycles. The van der Waals surface area contributed by atoms with Crippen LogP contribution in [-0.2, 0) is 9.53 Å². The van der Waals surface area contributed by atoms with E-state index in [4.69, 9.17) is 10.5 Å². The number of esters is 1. The molecule has 0 aromatic heterocycles. The van der Waals surface area contributed by atoms with Gasteiger partial charge in [-0.05, 0) is 31.6 Å². The highest BCUT2D eigenvalue weighted by Gasteiger charge is 2.23. The van der Waals surface area contributed by atoms with E-state index in [0.717, 1.165) is 31.6 Å². The molecule has 1 rings (SSSR count). The monoisotopic (exact) mass is 217 g/mol. The van der Waals surface area contributed by atoms with Crippen LogP contribution in [0.25, 0.3) is 0 Å². The van der Waals surface area contributed by atoms with Gasteiger partial charge < -0.3 is 10.5 Å². The first-order valence-electron chi connectivity index (χ1n) is 5.20. The van der Waals surface area contributed by atoms with Gasteiger partial charge in [0, 0.05) is 5.75 Å². The Morgan fingerprint density at radius 1 is 1.50 bits per heavy atom. The maximum absolute atomic E-state index is 11.3. The van der Waals surface area contributed by atoms with Gasteiger partial charge in [-0.15, -0.1) is 0 Å². The molecule has 1 aliphatic rings. The largest absolute Gasteiger partial charge is 0.461 e. The zero-order valence-electron chi connectivity index (χ0n) is 8.61. The molecule has 0 spiro atoms. The van der Waals surface area contributed by atoms with Crippen LogP contribution in [0.3, 0.4) is 0 Å². The molecule has 0 radical (unpaired) electrons. The molecule has 82 valence electrons. The zero-order valence-corrected chi connectivity index (χ0v) is 9.50. The van der Waals surface area contributed by atoms with Crippen LogP contribution in [0.15, 0.2) is 0 Å². The minimum Gasteiger partial charge on any atom is -0.461 e. The van der Waals surface area contributed by atoms with Crippen molar-refractivity contribution in [2.45, 2.75) is 44.8 Å². The summed E-state index contributed by atoms with van der Waals surface area (Å²) in [5, 5.41) is 0. The molecule has 3 nitrogen and oxygen atoms in total. The molecule has 0 heterocycles. The quantitative estimate of drug-likeness (QED) is 0.554. The minimum absolute atomic E-state index is 0.0876. The summed E-state index contributed by atoms with van der Waals surface area (Å²) in [5.41, 5.74) is 5.51.